The van der Waals surface area contributed by atoms with Crippen molar-refractivity contribution in [2.75, 3.05) is 39.3 Å². The first-order valence-electron chi connectivity index (χ1n) is 10.6. The number of para-hydroxylation sites is 2. The molecule has 11 nitrogen and oxygen atoms in total. The Labute approximate surface area is 201 Å². The van der Waals surface area contributed by atoms with Crippen molar-refractivity contribution in [3.8, 4) is 17.2 Å². The van der Waals surface area contributed by atoms with E-state index >= 15 is 0 Å². The van der Waals surface area contributed by atoms with Gasteiger partial charge in [-0.3, -0.25) is 9.59 Å². The second-order valence-corrected chi connectivity index (χ2v) is 7.13. The molecule has 4 amide bonds. The number of imide groups is 1. The Morgan fingerprint density at radius 3 is 2.51 bits per heavy atom. The molecule has 0 aliphatic carbocycles. The van der Waals surface area contributed by atoms with Gasteiger partial charge in [-0.2, -0.15) is 0 Å². The van der Waals surface area contributed by atoms with Crippen LogP contribution in [0.25, 0.3) is 6.08 Å². The van der Waals surface area contributed by atoms with Crippen LogP contribution >= 0.6 is 0 Å². The first-order valence-corrected chi connectivity index (χ1v) is 10.6. The highest BCUT2D eigenvalue weighted by Gasteiger charge is 2.35. The zero-order valence-corrected chi connectivity index (χ0v) is 19.5. The number of benzene rings is 2. The fourth-order valence-corrected chi connectivity index (χ4v) is 3.16. The van der Waals surface area contributed by atoms with E-state index in [9.17, 15) is 19.2 Å². The molecular weight excluding hydrogens is 458 g/mol. The van der Waals surface area contributed by atoms with Crippen LogP contribution in [0.1, 0.15) is 12.5 Å². The van der Waals surface area contributed by atoms with E-state index in [0.29, 0.717) is 35.1 Å². The quantitative estimate of drug-likeness (QED) is 0.299. The second-order valence-electron chi connectivity index (χ2n) is 7.13. The monoisotopic (exact) mass is 483 g/mol. The van der Waals surface area contributed by atoms with Gasteiger partial charge in [0.1, 0.15) is 18.0 Å². The molecule has 0 unspecified atom stereocenters. The number of amides is 4. The second kappa shape index (κ2) is 11.5. The Morgan fingerprint density at radius 1 is 1.03 bits per heavy atom. The zero-order chi connectivity index (χ0) is 25.4. The molecule has 184 valence electrons. The fraction of sp³-hybridized carbons (Fsp3) is 0.250. The van der Waals surface area contributed by atoms with Gasteiger partial charge in [-0.15, -0.1) is 0 Å². The van der Waals surface area contributed by atoms with Gasteiger partial charge in [-0.05, 0) is 42.8 Å². The third kappa shape index (κ3) is 6.28. The topological polar surface area (TPSA) is 132 Å². The van der Waals surface area contributed by atoms with Gasteiger partial charge in [0.05, 0.1) is 26.5 Å². The van der Waals surface area contributed by atoms with Crippen LogP contribution in [-0.2, 0) is 19.1 Å². The van der Waals surface area contributed by atoms with Crippen LogP contribution in [0.5, 0.6) is 17.2 Å². The lowest BCUT2D eigenvalue weighted by Gasteiger charge is -2.13. The summed E-state index contributed by atoms with van der Waals surface area (Å²) < 4.78 is 20.7. The van der Waals surface area contributed by atoms with Gasteiger partial charge in [0, 0.05) is 0 Å². The number of anilines is 1. The molecule has 0 bridgehead atoms. The number of urea groups is 1. The van der Waals surface area contributed by atoms with E-state index in [1.807, 2.05) is 0 Å². The van der Waals surface area contributed by atoms with Crippen molar-refractivity contribution >= 4 is 35.6 Å². The molecular formula is C24H25N3O8. The van der Waals surface area contributed by atoms with Crippen LogP contribution in [0, 0.1) is 0 Å². The predicted octanol–water partition coefficient (Wildman–Crippen LogP) is 2.18. The molecule has 2 N–H and O–H groups in total. The molecule has 35 heavy (non-hydrogen) atoms. The minimum atomic E-state index is -0.723. The number of esters is 1. The molecule has 1 heterocycles. The number of hydrogen-bond acceptors (Lipinski definition) is 8. The molecule has 1 fully saturated rings. The van der Waals surface area contributed by atoms with Gasteiger partial charge in [-0.1, -0.05) is 18.2 Å². The van der Waals surface area contributed by atoms with Crippen molar-refractivity contribution in [2.24, 2.45) is 0 Å². The summed E-state index contributed by atoms with van der Waals surface area (Å²) in [6.45, 7) is 1.34. The molecule has 0 atom stereocenters. The third-order valence-corrected chi connectivity index (χ3v) is 4.80. The van der Waals surface area contributed by atoms with E-state index in [1.165, 1.54) is 20.3 Å². The first kappa shape index (κ1) is 25.1. The molecule has 0 saturated carbocycles. The Morgan fingerprint density at radius 2 is 1.80 bits per heavy atom. The van der Waals surface area contributed by atoms with Crippen molar-refractivity contribution < 1.29 is 38.1 Å². The maximum atomic E-state index is 12.8. The molecule has 2 aromatic carbocycles. The van der Waals surface area contributed by atoms with Crippen molar-refractivity contribution in [1.82, 2.24) is 10.2 Å². The Kier molecular flexibility index (Phi) is 8.28. The van der Waals surface area contributed by atoms with E-state index in [0.717, 1.165) is 4.90 Å². The van der Waals surface area contributed by atoms with Crippen LogP contribution in [0.2, 0.25) is 0 Å². The summed E-state index contributed by atoms with van der Waals surface area (Å²) in [5, 5.41) is 5.09. The highest BCUT2D eigenvalue weighted by molar-refractivity contribution is 6.16. The smallest absolute Gasteiger partial charge is 0.343 e. The lowest BCUT2D eigenvalue weighted by Crippen LogP contribution is -2.38. The summed E-state index contributed by atoms with van der Waals surface area (Å²) in [6, 6.07) is 10.8. The maximum absolute atomic E-state index is 12.8. The summed E-state index contributed by atoms with van der Waals surface area (Å²) in [5.41, 5.74) is 0.939. The Bertz CT molecular complexity index is 1160. The van der Waals surface area contributed by atoms with Crippen molar-refractivity contribution in [1.29, 1.82) is 0 Å². The molecule has 1 aliphatic heterocycles. The number of carbonyl (C=O) groups excluding carboxylic acids is 4. The standard InChI is InChI=1S/C24H25N3O8/c1-4-34-20-12-15(9-10-19(20)35-14-22(29)33-3)11-17-23(30)27(24(31)26-17)13-21(28)25-16-7-5-6-8-18(16)32-2/h5-12H,4,13-14H2,1-3H3,(H,25,28)(H,26,31)/b17-11+. The minimum Gasteiger partial charge on any atom is -0.495 e. The van der Waals surface area contributed by atoms with Crippen LogP contribution in [-0.4, -0.2) is 62.7 Å². The molecule has 3 rings (SSSR count). The Hall–Kier alpha value is -4.54. The van der Waals surface area contributed by atoms with E-state index in [2.05, 4.69) is 15.4 Å². The summed E-state index contributed by atoms with van der Waals surface area (Å²) >= 11 is 0. The van der Waals surface area contributed by atoms with E-state index in [4.69, 9.17) is 14.2 Å². The van der Waals surface area contributed by atoms with Crippen LogP contribution in [0.3, 0.4) is 0 Å². The predicted molar refractivity (Wildman–Crippen MR) is 125 cm³/mol. The van der Waals surface area contributed by atoms with Crippen molar-refractivity contribution in [2.45, 2.75) is 6.92 Å². The highest BCUT2D eigenvalue weighted by atomic mass is 16.6. The van der Waals surface area contributed by atoms with Gasteiger partial charge >= 0.3 is 12.0 Å². The molecule has 11 heteroatoms. The normalized spacial score (nSPS) is 13.9. The number of hydrogen-bond donors (Lipinski definition) is 2. The molecule has 1 aliphatic rings. The highest BCUT2D eigenvalue weighted by Crippen LogP contribution is 2.30. The van der Waals surface area contributed by atoms with E-state index < -0.39 is 30.4 Å². The van der Waals surface area contributed by atoms with Gasteiger partial charge in [0.2, 0.25) is 5.91 Å². The van der Waals surface area contributed by atoms with Gasteiger partial charge < -0.3 is 29.6 Å². The van der Waals surface area contributed by atoms with Gasteiger partial charge in [0.25, 0.3) is 5.91 Å². The number of methoxy groups -OCH3 is 2. The number of nitrogens with one attached hydrogen (secondary N) is 2. The molecule has 1 saturated heterocycles. The summed E-state index contributed by atoms with van der Waals surface area (Å²) in [7, 11) is 2.72. The lowest BCUT2D eigenvalue weighted by atomic mass is 10.1. The summed E-state index contributed by atoms with van der Waals surface area (Å²) in [6.07, 6.45) is 1.45. The van der Waals surface area contributed by atoms with Gasteiger partial charge in [0.15, 0.2) is 18.1 Å². The van der Waals surface area contributed by atoms with Crippen molar-refractivity contribution in [3.05, 3.63) is 53.7 Å². The van der Waals surface area contributed by atoms with Crippen LogP contribution in [0.4, 0.5) is 10.5 Å². The van der Waals surface area contributed by atoms with E-state index in [-0.39, 0.29) is 12.3 Å². The molecule has 0 spiro atoms. The number of nitrogens with zero attached hydrogens (tertiary/aromatic N) is 1. The SMILES string of the molecule is CCOc1cc(/C=C2/NC(=O)N(CC(=O)Nc3ccccc3OC)C2=O)ccc1OCC(=O)OC. The maximum Gasteiger partial charge on any atom is 0.343 e. The zero-order valence-electron chi connectivity index (χ0n) is 19.5. The van der Waals surface area contributed by atoms with Gasteiger partial charge in [-0.25, -0.2) is 14.5 Å². The van der Waals surface area contributed by atoms with Crippen LogP contribution in [0.15, 0.2) is 48.2 Å². The molecule has 2 aromatic rings. The first-order chi connectivity index (χ1) is 16.9. The van der Waals surface area contributed by atoms with Crippen LogP contribution < -0.4 is 24.8 Å². The Balaban J connectivity index is 1.72. The van der Waals surface area contributed by atoms with E-state index in [1.54, 1.807) is 49.4 Å². The number of rotatable bonds is 10. The number of carbonyl (C=O) groups is 4. The molecule has 0 aromatic heterocycles. The fourth-order valence-electron chi connectivity index (χ4n) is 3.16. The largest absolute Gasteiger partial charge is 0.495 e. The summed E-state index contributed by atoms with van der Waals surface area (Å²) in [4.78, 5) is 49.7. The average Bonchev–Trinajstić information content (AvgIpc) is 3.11. The average molecular weight is 483 g/mol. The number of ether oxygens (including phenoxy) is 4. The van der Waals surface area contributed by atoms with Crippen molar-refractivity contribution in [3.63, 3.8) is 0 Å². The molecule has 0 radical (unpaired) electrons. The summed E-state index contributed by atoms with van der Waals surface area (Å²) in [5.74, 6) is -0.666. The lowest BCUT2D eigenvalue weighted by molar-refractivity contribution is -0.143. The third-order valence-electron chi connectivity index (χ3n) is 4.80. The minimum absolute atomic E-state index is 0.00855.